The molecule has 2 fully saturated rings. The van der Waals surface area contributed by atoms with Gasteiger partial charge in [-0.15, -0.1) is 0 Å². The van der Waals surface area contributed by atoms with Crippen LogP contribution in [0.5, 0.6) is 5.88 Å². The SMILES string of the molecule is Fc1cnc(N2CC3(CC(CCOc4cnccn4)CCO3)C2)nc1. The van der Waals surface area contributed by atoms with Crippen LogP contribution in [0.4, 0.5) is 10.3 Å². The van der Waals surface area contributed by atoms with Crippen LogP contribution < -0.4 is 9.64 Å². The molecule has 0 radical (unpaired) electrons. The molecule has 8 heteroatoms. The fraction of sp³-hybridized carbons (Fsp3) is 0.529. The van der Waals surface area contributed by atoms with E-state index in [0.29, 0.717) is 24.4 Å². The molecule has 7 nitrogen and oxygen atoms in total. The lowest BCUT2D eigenvalue weighted by Crippen LogP contribution is -2.66. The fourth-order valence-electron chi connectivity index (χ4n) is 3.55. The maximum Gasteiger partial charge on any atom is 0.232 e. The van der Waals surface area contributed by atoms with Crippen LogP contribution in [0.15, 0.2) is 31.0 Å². The number of rotatable bonds is 5. The topological polar surface area (TPSA) is 73.3 Å². The van der Waals surface area contributed by atoms with Crippen LogP contribution in [0.25, 0.3) is 0 Å². The summed E-state index contributed by atoms with van der Waals surface area (Å²) in [5.41, 5.74) is -0.132. The van der Waals surface area contributed by atoms with E-state index in [9.17, 15) is 4.39 Å². The smallest absolute Gasteiger partial charge is 0.232 e. The lowest BCUT2D eigenvalue weighted by atomic mass is 9.79. The highest BCUT2D eigenvalue weighted by atomic mass is 19.1. The zero-order chi connectivity index (χ0) is 17.1. The van der Waals surface area contributed by atoms with E-state index in [1.807, 2.05) is 4.90 Å². The quantitative estimate of drug-likeness (QED) is 0.819. The first-order chi connectivity index (χ1) is 12.2. The highest BCUT2D eigenvalue weighted by Gasteiger charge is 2.48. The van der Waals surface area contributed by atoms with Gasteiger partial charge in [0.25, 0.3) is 0 Å². The number of hydrogen-bond donors (Lipinski definition) is 0. The molecule has 0 N–H and O–H groups in total. The molecule has 0 saturated carbocycles. The van der Waals surface area contributed by atoms with E-state index in [0.717, 1.165) is 39.0 Å². The van der Waals surface area contributed by atoms with Gasteiger partial charge in [0.05, 0.1) is 38.3 Å². The Labute approximate surface area is 145 Å². The van der Waals surface area contributed by atoms with E-state index in [2.05, 4.69) is 19.9 Å². The summed E-state index contributed by atoms with van der Waals surface area (Å²) in [7, 11) is 0. The summed E-state index contributed by atoms with van der Waals surface area (Å²) in [5.74, 6) is 1.26. The molecule has 2 aromatic heterocycles. The van der Waals surface area contributed by atoms with Crippen molar-refractivity contribution in [2.24, 2.45) is 5.92 Å². The van der Waals surface area contributed by atoms with Crippen molar-refractivity contribution in [3.63, 3.8) is 0 Å². The van der Waals surface area contributed by atoms with E-state index in [1.54, 1.807) is 18.6 Å². The Morgan fingerprint density at radius 2 is 2.04 bits per heavy atom. The van der Waals surface area contributed by atoms with Crippen molar-refractivity contribution in [3.05, 3.63) is 36.8 Å². The van der Waals surface area contributed by atoms with Gasteiger partial charge in [-0.3, -0.25) is 4.98 Å². The molecular weight excluding hydrogens is 325 g/mol. The standard InChI is InChI=1S/C17H20FN5O2/c18-14-8-21-16(22-9-14)23-11-17(12-23)7-13(2-6-25-17)1-5-24-15-10-19-3-4-20-15/h3-4,8-10,13H,1-2,5-7,11-12H2. The molecule has 2 aromatic rings. The van der Waals surface area contributed by atoms with E-state index < -0.39 is 5.82 Å². The van der Waals surface area contributed by atoms with Gasteiger partial charge in [0.1, 0.15) is 5.60 Å². The molecule has 1 unspecified atom stereocenters. The van der Waals surface area contributed by atoms with Crippen LogP contribution >= 0.6 is 0 Å². The number of anilines is 1. The molecule has 4 rings (SSSR count). The summed E-state index contributed by atoms with van der Waals surface area (Å²) in [5, 5.41) is 0. The lowest BCUT2D eigenvalue weighted by molar-refractivity contribution is -0.115. The van der Waals surface area contributed by atoms with Gasteiger partial charge < -0.3 is 14.4 Å². The number of nitrogens with zero attached hydrogens (tertiary/aromatic N) is 5. The summed E-state index contributed by atoms with van der Waals surface area (Å²) >= 11 is 0. The van der Waals surface area contributed by atoms with Crippen molar-refractivity contribution in [2.45, 2.75) is 24.9 Å². The summed E-state index contributed by atoms with van der Waals surface area (Å²) in [6, 6.07) is 0. The largest absolute Gasteiger partial charge is 0.477 e. The van der Waals surface area contributed by atoms with Crippen LogP contribution in [0.2, 0.25) is 0 Å². The molecule has 0 bridgehead atoms. The minimum atomic E-state index is -0.420. The second-order valence-corrected chi connectivity index (χ2v) is 6.63. The predicted octanol–water partition coefficient (Wildman–Crippen LogP) is 1.86. The van der Waals surface area contributed by atoms with Crippen LogP contribution in [-0.4, -0.2) is 51.8 Å². The summed E-state index contributed by atoms with van der Waals surface area (Å²) in [6.07, 6.45) is 10.3. The van der Waals surface area contributed by atoms with Gasteiger partial charge in [-0.2, -0.15) is 0 Å². The Balaban J connectivity index is 1.26. The Hall–Kier alpha value is -2.35. The third-order valence-electron chi connectivity index (χ3n) is 4.76. The Kier molecular flexibility index (Phi) is 4.44. The molecule has 0 amide bonds. The third-order valence-corrected chi connectivity index (χ3v) is 4.76. The van der Waals surface area contributed by atoms with E-state index in [4.69, 9.17) is 9.47 Å². The molecule has 0 aliphatic carbocycles. The molecule has 1 spiro atoms. The van der Waals surface area contributed by atoms with E-state index >= 15 is 0 Å². The van der Waals surface area contributed by atoms with E-state index in [-0.39, 0.29) is 5.60 Å². The van der Waals surface area contributed by atoms with Crippen molar-refractivity contribution in [1.29, 1.82) is 0 Å². The van der Waals surface area contributed by atoms with Crippen LogP contribution in [0.1, 0.15) is 19.3 Å². The lowest BCUT2D eigenvalue weighted by Gasteiger charge is -2.53. The van der Waals surface area contributed by atoms with Gasteiger partial charge >= 0.3 is 0 Å². The van der Waals surface area contributed by atoms with Gasteiger partial charge in [-0.05, 0) is 25.2 Å². The average Bonchev–Trinajstić information content (AvgIpc) is 2.62. The van der Waals surface area contributed by atoms with Gasteiger partial charge in [0, 0.05) is 19.0 Å². The van der Waals surface area contributed by atoms with Crippen molar-refractivity contribution < 1.29 is 13.9 Å². The van der Waals surface area contributed by atoms with Gasteiger partial charge in [0.15, 0.2) is 5.82 Å². The van der Waals surface area contributed by atoms with Gasteiger partial charge in [0.2, 0.25) is 11.8 Å². The molecular formula is C17H20FN5O2. The van der Waals surface area contributed by atoms with Crippen molar-refractivity contribution in [2.75, 3.05) is 31.2 Å². The molecule has 2 saturated heterocycles. The zero-order valence-electron chi connectivity index (χ0n) is 13.8. The molecule has 0 aromatic carbocycles. The van der Waals surface area contributed by atoms with Gasteiger partial charge in [-0.1, -0.05) is 0 Å². The summed E-state index contributed by atoms with van der Waals surface area (Å²) in [4.78, 5) is 18.2. The molecule has 1 atom stereocenters. The van der Waals surface area contributed by atoms with E-state index in [1.165, 1.54) is 12.4 Å². The monoisotopic (exact) mass is 345 g/mol. The number of ether oxygens (including phenoxy) is 2. The molecule has 25 heavy (non-hydrogen) atoms. The predicted molar refractivity (Wildman–Crippen MR) is 87.8 cm³/mol. The Bertz CT molecular complexity index is 694. The first-order valence-corrected chi connectivity index (χ1v) is 8.48. The highest BCUT2D eigenvalue weighted by Crippen LogP contribution is 2.39. The maximum absolute atomic E-state index is 12.9. The van der Waals surface area contributed by atoms with Crippen molar-refractivity contribution >= 4 is 5.95 Å². The fourth-order valence-corrected chi connectivity index (χ4v) is 3.55. The first-order valence-electron chi connectivity index (χ1n) is 8.48. The molecule has 2 aliphatic heterocycles. The Morgan fingerprint density at radius 1 is 1.20 bits per heavy atom. The number of hydrogen-bond acceptors (Lipinski definition) is 7. The Morgan fingerprint density at radius 3 is 2.80 bits per heavy atom. The minimum Gasteiger partial charge on any atom is -0.477 e. The molecule has 4 heterocycles. The summed E-state index contributed by atoms with van der Waals surface area (Å²) in [6.45, 7) is 2.89. The molecule has 132 valence electrons. The van der Waals surface area contributed by atoms with Crippen LogP contribution in [0.3, 0.4) is 0 Å². The number of halogens is 1. The minimum absolute atomic E-state index is 0.132. The number of aromatic nitrogens is 4. The first kappa shape index (κ1) is 16.1. The van der Waals surface area contributed by atoms with Crippen molar-refractivity contribution in [3.8, 4) is 5.88 Å². The molecule has 2 aliphatic rings. The van der Waals surface area contributed by atoms with Gasteiger partial charge in [-0.25, -0.2) is 19.3 Å². The zero-order valence-corrected chi connectivity index (χ0v) is 13.8. The van der Waals surface area contributed by atoms with Crippen LogP contribution in [0, 0.1) is 11.7 Å². The second-order valence-electron chi connectivity index (χ2n) is 6.63. The highest BCUT2D eigenvalue weighted by molar-refractivity contribution is 5.37. The van der Waals surface area contributed by atoms with Crippen molar-refractivity contribution in [1.82, 2.24) is 19.9 Å². The summed E-state index contributed by atoms with van der Waals surface area (Å²) < 4.78 is 24.6. The second kappa shape index (κ2) is 6.87. The van der Waals surface area contributed by atoms with Crippen LogP contribution in [-0.2, 0) is 4.74 Å². The average molecular weight is 345 g/mol. The normalized spacial score (nSPS) is 21.8. The maximum atomic E-state index is 12.9. The third kappa shape index (κ3) is 3.68.